The van der Waals surface area contributed by atoms with Gasteiger partial charge in [-0.25, -0.2) is 0 Å². The van der Waals surface area contributed by atoms with Crippen LogP contribution < -0.4 is 10.6 Å². The summed E-state index contributed by atoms with van der Waals surface area (Å²) in [5.41, 5.74) is 1.21. The molecule has 27 heavy (non-hydrogen) atoms. The van der Waals surface area contributed by atoms with Crippen LogP contribution in [0.3, 0.4) is 0 Å². The highest BCUT2D eigenvalue weighted by atomic mass is 35.5. The van der Waals surface area contributed by atoms with Crippen LogP contribution in [0.1, 0.15) is 23.7 Å². The fourth-order valence-corrected chi connectivity index (χ4v) is 2.73. The SMILES string of the molecule is C[C@@H]1C[C@H]1C(=O)OCC(=O)Nc1ccccc1C(=O)Nc1ccc(Cl)cc1. The van der Waals surface area contributed by atoms with E-state index in [1.807, 2.05) is 6.92 Å². The molecular weight excluding hydrogens is 368 g/mol. The van der Waals surface area contributed by atoms with Crippen molar-refractivity contribution in [3.8, 4) is 0 Å². The third-order valence-electron chi connectivity index (χ3n) is 4.31. The van der Waals surface area contributed by atoms with Gasteiger partial charge >= 0.3 is 5.97 Å². The van der Waals surface area contributed by atoms with Gasteiger partial charge < -0.3 is 15.4 Å². The Hall–Kier alpha value is -2.86. The maximum atomic E-state index is 12.5. The van der Waals surface area contributed by atoms with Gasteiger partial charge in [-0.05, 0) is 48.7 Å². The number of rotatable bonds is 6. The molecule has 3 rings (SSSR count). The topological polar surface area (TPSA) is 84.5 Å². The van der Waals surface area contributed by atoms with E-state index in [2.05, 4.69) is 10.6 Å². The Morgan fingerprint density at radius 3 is 2.41 bits per heavy atom. The summed E-state index contributed by atoms with van der Waals surface area (Å²) in [5, 5.41) is 5.92. The summed E-state index contributed by atoms with van der Waals surface area (Å²) >= 11 is 5.83. The number of anilines is 2. The Bertz CT molecular complexity index is 867. The molecule has 2 amide bonds. The van der Waals surface area contributed by atoms with Gasteiger partial charge in [-0.15, -0.1) is 0 Å². The number of ether oxygens (including phenoxy) is 1. The summed E-state index contributed by atoms with van der Waals surface area (Å²) in [6.07, 6.45) is 0.800. The van der Waals surface area contributed by atoms with Crippen LogP contribution in [0.5, 0.6) is 0 Å². The predicted molar refractivity (Wildman–Crippen MR) is 103 cm³/mol. The highest BCUT2D eigenvalue weighted by Gasteiger charge is 2.40. The van der Waals surface area contributed by atoms with Crippen molar-refractivity contribution in [3.05, 3.63) is 59.1 Å². The molecule has 0 unspecified atom stereocenters. The zero-order chi connectivity index (χ0) is 19.4. The minimum Gasteiger partial charge on any atom is -0.455 e. The first-order valence-corrected chi connectivity index (χ1v) is 8.94. The van der Waals surface area contributed by atoms with Gasteiger partial charge in [0.1, 0.15) is 0 Å². The van der Waals surface area contributed by atoms with E-state index in [0.717, 1.165) is 6.42 Å². The van der Waals surface area contributed by atoms with Crippen molar-refractivity contribution in [3.63, 3.8) is 0 Å². The number of nitrogens with one attached hydrogen (secondary N) is 2. The number of hydrogen-bond acceptors (Lipinski definition) is 4. The van der Waals surface area contributed by atoms with Crippen LogP contribution in [0, 0.1) is 11.8 Å². The minimum atomic E-state index is -0.497. The molecule has 2 aromatic carbocycles. The summed E-state index contributed by atoms with van der Waals surface area (Å²) < 4.78 is 5.01. The molecule has 0 aromatic heterocycles. The first-order valence-electron chi connectivity index (χ1n) is 8.56. The number of amides is 2. The standard InChI is InChI=1S/C20H19ClN2O4/c1-12-10-16(12)20(26)27-11-18(24)23-17-5-3-2-4-15(17)19(25)22-14-8-6-13(21)7-9-14/h2-9,12,16H,10-11H2,1H3,(H,22,25)(H,23,24)/t12-,16-/m1/s1. The van der Waals surface area contributed by atoms with Crippen molar-refractivity contribution < 1.29 is 19.1 Å². The fourth-order valence-electron chi connectivity index (χ4n) is 2.60. The van der Waals surface area contributed by atoms with Gasteiger partial charge in [-0.1, -0.05) is 30.7 Å². The summed E-state index contributed by atoms with van der Waals surface area (Å²) in [6.45, 7) is 1.58. The summed E-state index contributed by atoms with van der Waals surface area (Å²) in [5.74, 6) is -1.01. The van der Waals surface area contributed by atoms with Gasteiger partial charge in [-0.3, -0.25) is 14.4 Å². The first kappa shape index (κ1) is 18.9. The highest BCUT2D eigenvalue weighted by Crippen LogP contribution is 2.38. The number of hydrogen-bond donors (Lipinski definition) is 2. The molecule has 0 saturated heterocycles. The van der Waals surface area contributed by atoms with Crippen molar-refractivity contribution in [2.45, 2.75) is 13.3 Å². The van der Waals surface area contributed by atoms with E-state index < -0.39 is 5.91 Å². The lowest BCUT2D eigenvalue weighted by Crippen LogP contribution is -2.23. The van der Waals surface area contributed by atoms with Gasteiger partial charge in [0, 0.05) is 10.7 Å². The van der Waals surface area contributed by atoms with Crippen molar-refractivity contribution in [2.75, 3.05) is 17.2 Å². The Labute approximate surface area is 161 Å². The molecule has 0 heterocycles. The highest BCUT2D eigenvalue weighted by molar-refractivity contribution is 6.30. The summed E-state index contributed by atoms with van der Waals surface area (Å²) in [4.78, 5) is 36.3. The summed E-state index contributed by atoms with van der Waals surface area (Å²) in [7, 11) is 0. The summed E-state index contributed by atoms with van der Waals surface area (Å²) in [6, 6.07) is 13.3. The predicted octanol–water partition coefficient (Wildman–Crippen LogP) is 3.73. The minimum absolute atomic E-state index is 0.102. The molecule has 0 radical (unpaired) electrons. The Kier molecular flexibility index (Phi) is 5.76. The molecule has 0 bridgehead atoms. The van der Waals surface area contributed by atoms with Crippen LogP contribution in [0.25, 0.3) is 0 Å². The van der Waals surface area contributed by atoms with Crippen LogP contribution in [0.4, 0.5) is 11.4 Å². The molecule has 2 atom stereocenters. The van der Waals surface area contributed by atoms with E-state index in [-0.39, 0.29) is 24.4 Å². The smallest absolute Gasteiger partial charge is 0.309 e. The molecule has 2 aromatic rings. The third kappa shape index (κ3) is 5.08. The molecule has 1 aliphatic carbocycles. The molecule has 7 heteroatoms. The molecule has 0 spiro atoms. The number of carbonyl (C=O) groups excluding carboxylic acids is 3. The van der Waals surface area contributed by atoms with Crippen molar-refractivity contribution in [1.82, 2.24) is 0 Å². The van der Waals surface area contributed by atoms with Crippen molar-refractivity contribution in [2.24, 2.45) is 11.8 Å². The quantitative estimate of drug-likeness (QED) is 0.741. The number of para-hydroxylation sites is 1. The monoisotopic (exact) mass is 386 g/mol. The lowest BCUT2D eigenvalue weighted by molar-refractivity contribution is -0.148. The van der Waals surface area contributed by atoms with Crippen LogP contribution in [0.2, 0.25) is 5.02 Å². The third-order valence-corrected chi connectivity index (χ3v) is 4.56. The Balaban J connectivity index is 1.60. The zero-order valence-corrected chi connectivity index (χ0v) is 15.5. The molecular formula is C20H19ClN2O4. The average molecular weight is 387 g/mol. The van der Waals surface area contributed by atoms with E-state index in [9.17, 15) is 14.4 Å². The average Bonchev–Trinajstić information content (AvgIpc) is 3.39. The zero-order valence-electron chi connectivity index (χ0n) is 14.7. The van der Waals surface area contributed by atoms with E-state index in [0.29, 0.717) is 27.9 Å². The Morgan fingerprint density at radius 1 is 1.07 bits per heavy atom. The second-order valence-electron chi connectivity index (χ2n) is 6.48. The van der Waals surface area contributed by atoms with Crippen LogP contribution in [0.15, 0.2) is 48.5 Å². The maximum Gasteiger partial charge on any atom is 0.309 e. The molecule has 0 aliphatic heterocycles. The van der Waals surface area contributed by atoms with Gasteiger partial charge in [0.25, 0.3) is 11.8 Å². The first-order chi connectivity index (χ1) is 12.9. The second-order valence-corrected chi connectivity index (χ2v) is 6.92. The largest absolute Gasteiger partial charge is 0.455 e. The molecule has 1 fully saturated rings. The molecule has 6 nitrogen and oxygen atoms in total. The molecule has 140 valence electrons. The Morgan fingerprint density at radius 2 is 1.74 bits per heavy atom. The lowest BCUT2D eigenvalue weighted by Gasteiger charge is -2.12. The lowest BCUT2D eigenvalue weighted by atomic mass is 10.1. The van der Waals surface area contributed by atoms with Gasteiger partial charge in [0.15, 0.2) is 6.61 Å². The van der Waals surface area contributed by atoms with Gasteiger partial charge in [-0.2, -0.15) is 0 Å². The van der Waals surface area contributed by atoms with Crippen LogP contribution in [-0.4, -0.2) is 24.4 Å². The van der Waals surface area contributed by atoms with E-state index in [1.165, 1.54) is 0 Å². The number of carbonyl (C=O) groups is 3. The fraction of sp³-hybridized carbons (Fsp3) is 0.250. The normalized spacial score (nSPS) is 17.7. The van der Waals surface area contributed by atoms with E-state index in [4.69, 9.17) is 16.3 Å². The van der Waals surface area contributed by atoms with Gasteiger partial charge in [0.05, 0.1) is 17.2 Å². The molecule has 2 N–H and O–H groups in total. The van der Waals surface area contributed by atoms with Crippen LogP contribution >= 0.6 is 11.6 Å². The van der Waals surface area contributed by atoms with Crippen LogP contribution in [-0.2, 0) is 14.3 Å². The van der Waals surface area contributed by atoms with Crippen molar-refractivity contribution >= 4 is 40.8 Å². The van der Waals surface area contributed by atoms with Crippen molar-refractivity contribution in [1.29, 1.82) is 0 Å². The molecule has 1 aliphatic rings. The van der Waals surface area contributed by atoms with E-state index in [1.54, 1.807) is 48.5 Å². The maximum absolute atomic E-state index is 12.5. The molecule has 1 saturated carbocycles. The number of benzene rings is 2. The number of esters is 1. The van der Waals surface area contributed by atoms with E-state index >= 15 is 0 Å². The number of halogens is 1. The van der Waals surface area contributed by atoms with Gasteiger partial charge in [0.2, 0.25) is 0 Å². The second kappa shape index (κ2) is 8.22.